The molecule has 1 aromatic rings. The molecule has 0 amide bonds. The number of rotatable bonds is 0. The second-order valence-corrected chi connectivity index (χ2v) is 4.18. The number of alkyl halides is 3. The Morgan fingerprint density at radius 2 is 1.77 bits per heavy atom. The standard InChI is InChI=1S/C7H2BrF4I/c8-5-3(7(10,11)12)1-2-4(13)6(5)9/h1-2H. The van der Waals surface area contributed by atoms with Crippen molar-refractivity contribution in [1.82, 2.24) is 0 Å². The summed E-state index contributed by atoms with van der Waals surface area (Å²) in [5.41, 5.74) is -0.995. The highest BCUT2D eigenvalue weighted by Crippen LogP contribution is 2.37. The maximum Gasteiger partial charge on any atom is 0.417 e. The van der Waals surface area contributed by atoms with Crippen LogP contribution in [0.1, 0.15) is 5.56 Å². The van der Waals surface area contributed by atoms with Gasteiger partial charge in [-0.15, -0.1) is 0 Å². The Morgan fingerprint density at radius 1 is 1.23 bits per heavy atom. The summed E-state index contributed by atoms with van der Waals surface area (Å²) >= 11 is 4.19. The normalized spacial score (nSPS) is 11.8. The molecule has 0 aromatic heterocycles. The van der Waals surface area contributed by atoms with Crippen molar-refractivity contribution in [1.29, 1.82) is 0 Å². The van der Waals surface area contributed by atoms with E-state index < -0.39 is 22.0 Å². The Balaban J connectivity index is 3.35. The molecule has 0 N–H and O–H groups in total. The third-order valence-corrected chi connectivity index (χ3v) is 2.95. The predicted octanol–water partition coefficient (Wildman–Crippen LogP) is 4.21. The zero-order chi connectivity index (χ0) is 10.2. The van der Waals surface area contributed by atoms with Crippen molar-refractivity contribution in [3.05, 3.63) is 31.6 Å². The molecular formula is C7H2BrF4I. The molecule has 0 saturated carbocycles. The highest BCUT2D eigenvalue weighted by molar-refractivity contribution is 14.1. The first-order chi connectivity index (χ1) is 5.84. The van der Waals surface area contributed by atoms with Crippen LogP contribution >= 0.6 is 38.5 Å². The van der Waals surface area contributed by atoms with Gasteiger partial charge >= 0.3 is 6.18 Å². The largest absolute Gasteiger partial charge is 0.417 e. The van der Waals surface area contributed by atoms with E-state index in [2.05, 4.69) is 15.9 Å². The average Bonchev–Trinajstić information content (AvgIpc) is 1.98. The summed E-state index contributed by atoms with van der Waals surface area (Å²) in [4.78, 5) is 0. The zero-order valence-electron chi connectivity index (χ0n) is 5.92. The van der Waals surface area contributed by atoms with Crippen molar-refractivity contribution < 1.29 is 17.6 Å². The van der Waals surface area contributed by atoms with E-state index in [1.54, 1.807) is 22.6 Å². The second-order valence-electron chi connectivity index (χ2n) is 2.22. The lowest BCUT2D eigenvalue weighted by molar-refractivity contribution is -0.138. The Morgan fingerprint density at radius 3 is 2.23 bits per heavy atom. The van der Waals surface area contributed by atoms with E-state index >= 15 is 0 Å². The molecule has 0 heterocycles. The smallest absolute Gasteiger partial charge is 0.205 e. The van der Waals surface area contributed by atoms with Crippen molar-refractivity contribution in [3.8, 4) is 0 Å². The van der Waals surface area contributed by atoms with Crippen molar-refractivity contribution >= 4 is 38.5 Å². The van der Waals surface area contributed by atoms with Crippen molar-refractivity contribution in [3.63, 3.8) is 0 Å². The zero-order valence-corrected chi connectivity index (χ0v) is 9.67. The number of hydrogen-bond donors (Lipinski definition) is 0. The summed E-state index contributed by atoms with van der Waals surface area (Å²) in [6, 6.07) is 1.93. The van der Waals surface area contributed by atoms with Crippen LogP contribution in [0, 0.1) is 9.39 Å². The molecule has 6 heteroatoms. The maximum atomic E-state index is 13.0. The van der Waals surface area contributed by atoms with Gasteiger partial charge in [-0.1, -0.05) is 0 Å². The van der Waals surface area contributed by atoms with Crippen LogP contribution in [0.3, 0.4) is 0 Å². The molecule has 0 nitrogen and oxygen atoms in total. The Kier molecular flexibility index (Phi) is 3.21. The number of benzene rings is 1. The predicted molar refractivity (Wildman–Crippen MR) is 51.8 cm³/mol. The number of halogens is 6. The van der Waals surface area contributed by atoms with Gasteiger partial charge in [-0.05, 0) is 50.7 Å². The minimum absolute atomic E-state index is 0.150. The summed E-state index contributed by atoms with van der Waals surface area (Å²) in [5, 5.41) is 0. The quantitative estimate of drug-likeness (QED) is 0.365. The van der Waals surface area contributed by atoms with Crippen LogP contribution in [0.15, 0.2) is 16.6 Å². The van der Waals surface area contributed by atoms with E-state index in [-0.39, 0.29) is 3.57 Å². The van der Waals surface area contributed by atoms with Crippen LogP contribution in [0.5, 0.6) is 0 Å². The molecule has 1 rings (SSSR count). The van der Waals surface area contributed by atoms with Crippen LogP contribution < -0.4 is 0 Å². The van der Waals surface area contributed by atoms with Gasteiger partial charge in [-0.25, -0.2) is 4.39 Å². The van der Waals surface area contributed by atoms with E-state index in [0.717, 1.165) is 12.1 Å². The Labute approximate surface area is 93.6 Å². The fourth-order valence-corrected chi connectivity index (χ4v) is 2.14. The molecule has 0 unspecified atom stereocenters. The van der Waals surface area contributed by atoms with Crippen molar-refractivity contribution in [2.45, 2.75) is 6.18 Å². The van der Waals surface area contributed by atoms with Gasteiger partial charge in [0.05, 0.1) is 10.0 Å². The maximum absolute atomic E-state index is 13.0. The van der Waals surface area contributed by atoms with Gasteiger partial charge in [0, 0.05) is 3.57 Å². The molecule has 0 fully saturated rings. The molecule has 0 bridgehead atoms. The van der Waals surface area contributed by atoms with Crippen molar-refractivity contribution in [2.75, 3.05) is 0 Å². The molecule has 72 valence electrons. The van der Waals surface area contributed by atoms with Gasteiger partial charge in [0.25, 0.3) is 0 Å². The third kappa shape index (κ3) is 2.34. The molecule has 1 aromatic carbocycles. The fourth-order valence-electron chi connectivity index (χ4n) is 0.745. The highest BCUT2D eigenvalue weighted by atomic mass is 127. The molecule has 13 heavy (non-hydrogen) atoms. The monoisotopic (exact) mass is 368 g/mol. The first-order valence-electron chi connectivity index (χ1n) is 3.04. The van der Waals surface area contributed by atoms with E-state index in [1.807, 2.05) is 0 Å². The molecule has 0 atom stereocenters. The summed E-state index contributed by atoms with van der Waals surface area (Å²) in [7, 11) is 0. The second kappa shape index (κ2) is 3.72. The molecule has 0 aliphatic heterocycles. The topological polar surface area (TPSA) is 0 Å². The summed E-state index contributed by atoms with van der Waals surface area (Å²) in [6.07, 6.45) is -4.52. The van der Waals surface area contributed by atoms with Gasteiger partial charge in [0.1, 0.15) is 0 Å². The lowest BCUT2D eigenvalue weighted by Gasteiger charge is -2.09. The summed E-state index contributed by atoms with van der Waals surface area (Å²) in [6.45, 7) is 0. The fraction of sp³-hybridized carbons (Fsp3) is 0.143. The summed E-state index contributed by atoms with van der Waals surface area (Å²) < 4.78 is 49.1. The third-order valence-electron chi connectivity index (χ3n) is 1.34. The highest BCUT2D eigenvalue weighted by Gasteiger charge is 2.34. The van der Waals surface area contributed by atoms with E-state index in [0.29, 0.717) is 0 Å². The van der Waals surface area contributed by atoms with Gasteiger partial charge < -0.3 is 0 Å². The van der Waals surface area contributed by atoms with Crippen LogP contribution in [0.25, 0.3) is 0 Å². The molecule has 0 aliphatic carbocycles. The molecule has 0 aliphatic rings. The van der Waals surface area contributed by atoms with E-state index in [4.69, 9.17) is 0 Å². The minimum Gasteiger partial charge on any atom is -0.205 e. The van der Waals surface area contributed by atoms with Crippen LogP contribution in [-0.4, -0.2) is 0 Å². The summed E-state index contributed by atoms with van der Waals surface area (Å²) in [5.74, 6) is -0.879. The van der Waals surface area contributed by atoms with Crippen LogP contribution in [0.2, 0.25) is 0 Å². The SMILES string of the molecule is Fc1c(I)ccc(C(F)(F)F)c1Br. The first kappa shape index (κ1) is 11.2. The van der Waals surface area contributed by atoms with Gasteiger partial charge in [0.2, 0.25) is 0 Å². The average molecular weight is 369 g/mol. The van der Waals surface area contributed by atoms with E-state index in [1.165, 1.54) is 0 Å². The molecule has 0 radical (unpaired) electrons. The van der Waals surface area contributed by atoms with Gasteiger partial charge in [-0.2, -0.15) is 13.2 Å². The molecule has 0 saturated heterocycles. The molecular weight excluding hydrogens is 367 g/mol. The Bertz CT molecular complexity index is 334. The Hall–Kier alpha value is 0.150. The van der Waals surface area contributed by atoms with Gasteiger partial charge in [-0.3, -0.25) is 0 Å². The molecule has 0 spiro atoms. The van der Waals surface area contributed by atoms with Crippen LogP contribution in [-0.2, 0) is 6.18 Å². The lowest BCUT2D eigenvalue weighted by Crippen LogP contribution is -2.07. The van der Waals surface area contributed by atoms with Crippen molar-refractivity contribution in [2.24, 2.45) is 0 Å². The lowest BCUT2D eigenvalue weighted by atomic mass is 10.2. The van der Waals surface area contributed by atoms with Gasteiger partial charge in [0.15, 0.2) is 5.82 Å². The first-order valence-corrected chi connectivity index (χ1v) is 4.92. The van der Waals surface area contributed by atoms with E-state index in [9.17, 15) is 17.6 Å². The minimum atomic E-state index is -4.52. The number of hydrogen-bond acceptors (Lipinski definition) is 0. The van der Waals surface area contributed by atoms with Crippen LogP contribution in [0.4, 0.5) is 17.6 Å².